The van der Waals surface area contributed by atoms with Crippen LogP contribution < -0.4 is 0 Å². The summed E-state index contributed by atoms with van der Waals surface area (Å²) in [4.78, 5) is 32.1. The van der Waals surface area contributed by atoms with Crippen molar-refractivity contribution < 1.29 is 23.8 Å². The van der Waals surface area contributed by atoms with E-state index in [1.807, 2.05) is 0 Å². The predicted octanol–water partition coefficient (Wildman–Crippen LogP) is 3.03. The Balaban J connectivity index is 3.18. The van der Waals surface area contributed by atoms with Gasteiger partial charge in [-0.3, -0.25) is 0 Å². The van der Waals surface area contributed by atoms with Crippen LogP contribution in [0.25, 0.3) is 0 Å². The number of nitrogens with zero attached hydrogens (tertiary/aromatic N) is 3. The van der Waals surface area contributed by atoms with E-state index in [0.29, 0.717) is 26.3 Å². The molecule has 26 heavy (non-hydrogen) atoms. The van der Waals surface area contributed by atoms with Crippen molar-refractivity contribution in [1.82, 2.24) is 9.80 Å². The number of rotatable bonds is 2. The Morgan fingerprint density at radius 3 is 2.12 bits per heavy atom. The summed E-state index contributed by atoms with van der Waals surface area (Å²) in [5, 5.41) is 0. The van der Waals surface area contributed by atoms with Gasteiger partial charge in [-0.05, 0) is 41.5 Å². The number of guanidine groups is 1. The Kier molecular flexibility index (Phi) is 7.62. The van der Waals surface area contributed by atoms with E-state index in [0.717, 1.165) is 0 Å². The van der Waals surface area contributed by atoms with Crippen LogP contribution in [0.15, 0.2) is 17.6 Å². The van der Waals surface area contributed by atoms with E-state index in [1.165, 1.54) is 4.90 Å². The summed E-state index contributed by atoms with van der Waals surface area (Å²) in [7, 11) is 0. The van der Waals surface area contributed by atoms with Gasteiger partial charge in [-0.15, -0.1) is 11.6 Å². The molecule has 8 heteroatoms. The number of morpholine rings is 1. The van der Waals surface area contributed by atoms with Gasteiger partial charge in [0, 0.05) is 19.6 Å². The lowest BCUT2D eigenvalue weighted by Gasteiger charge is -2.35. The van der Waals surface area contributed by atoms with Gasteiger partial charge in [0.2, 0.25) is 5.96 Å². The molecule has 1 aliphatic rings. The van der Waals surface area contributed by atoms with Crippen LogP contribution >= 0.6 is 0 Å². The lowest BCUT2D eigenvalue weighted by atomic mass is 10.2. The zero-order valence-corrected chi connectivity index (χ0v) is 16.7. The molecule has 0 bridgehead atoms. The van der Waals surface area contributed by atoms with Crippen molar-refractivity contribution in [3.05, 3.63) is 12.7 Å². The van der Waals surface area contributed by atoms with Gasteiger partial charge in [-0.1, -0.05) is 6.08 Å². The molecule has 0 saturated carbocycles. The second-order valence-electron chi connectivity index (χ2n) is 7.87. The molecule has 0 spiro atoms. The van der Waals surface area contributed by atoms with Gasteiger partial charge in [-0.25, -0.2) is 14.5 Å². The van der Waals surface area contributed by atoms with Crippen molar-refractivity contribution in [2.24, 2.45) is 4.99 Å². The van der Waals surface area contributed by atoms with E-state index < -0.39 is 23.4 Å². The summed E-state index contributed by atoms with van der Waals surface area (Å²) < 4.78 is 16.1. The Hall–Kier alpha value is -2.09. The van der Waals surface area contributed by atoms with Crippen LogP contribution in [0.5, 0.6) is 0 Å². The van der Waals surface area contributed by atoms with Gasteiger partial charge in [0.1, 0.15) is 11.2 Å². The third kappa shape index (κ3) is 7.86. The fraction of sp³-hybridized carbons (Fsp3) is 0.722. The van der Waals surface area contributed by atoms with E-state index in [9.17, 15) is 9.59 Å². The molecule has 0 unspecified atom stereocenters. The van der Waals surface area contributed by atoms with Crippen molar-refractivity contribution in [2.75, 3.05) is 32.8 Å². The lowest BCUT2D eigenvalue weighted by Crippen LogP contribution is -2.52. The van der Waals surface area contributed by atoms with Gasteiger partial charge in [0.15, 0.2) is 0 Å². The van der Waals surface area contributed by atoms with Crippen LogP contribution in [0.1, 0.15) is 41.5 Å². The monoisotopic (exact) mass is 369 g/mol. The molecular formula is C18H31N3O5. The fourth-order valence-electron chi connectivity index (χ4n) is 2.12. The van der Waals surface area contributed by atoms with Gasteiger partial charge in [-0.2, -0.15) is 0 Å². The highest BCUT2D eigenvalue weighted by Gasteiger charge is 2.30. The maximum absolute atomic E-state index is 12.7. The number of hydrogen-bond donors (Lipinski definition) is 0. The molecule has 1 heterocycles. The zero-order valence-electron chi connectivity index (χ0n) is 16.7. The van der Waals surface area contributed by atoms with E-state index in [-0.39, 0.29) is 12.5 Å². The molecule has 2 amide bonds. The highest BCUT2D eigenvalue weighted by molar-refractivity contribution is 5.99. The first-order chi connectivity index (χ1) is 11.9. The third-order valence-electron chi connectivity index (χ3n) is 3.05. The third-order valence-corrected chi connectivity index (χ3v) is 3.05. The Labute approximate surface area is 155 Å². The van der Waals surface area contributed by atoms with E-state index >= 15 is 0 Å². The Bertz CT molecular complexity index is 540. The normalized spacial score (nSPS) is 16.1. The molecule has 1 fully saturated rings. The first-order valence-electron chi connectivity index (χ1n) is 8.69. The van der Waals surface area contributed by atoms with Crippen LogP contribution in [-0.2, 0) is 14.2 Å². The summed E-state index contributed by atoms with van der Waals surface area (Å²) in [6.07, 6.45) is 0.178. The highest BCUT2D eigenvalue weighted by Crippen LogP contribution is 2.14. The SMILES string of the molecule is C=CCN(C(=O)OC(C)(C)C)/C(=N/C(=O)OC(C)(C)C)N1CCOCC1. The van der Waals surface area contributed by atoms with Gasteiger partial charge in [0.25, 0.3) is 0 Å². The minimum atomic E-state index is -0.767. The summed E-state index contributed by atoms with van der Waals surface area (Å²) in [5.74, 6) is 0.178. The molecule has 1 saturated heterocycles. The molecule has 0 atom stereocenters. The Morgan fingerprint density at radius 1 is 1.12 bits per heavy atom. The minimum Gasteiger partial charge on any atom is -0.443 e. The highest BCUT2D eigenvalue weighted by atomic mass is 16.6. The minimum absolute atomic E-state index is 0.147. The van der Waals surface area contributed by atoms with Crippen molar-refractivity contribution in [3.63, 3.8) is 0 Å². The first-order valence-corrected chi connectivity index (χ1v) is 8.69. The van der Waals surface area contributed by atoms with E-state index in [2.05, 4.69) is 11.6 Å². The molecule has 1 aliphatic heterocycles. The van der Waals surface area contributed by atoms with Crippen LogP contribution in [-0.4, -0.2) is 72.0 Å². The molecule has 0 aromatic rings. The quantitative estimate of drug-likeness (QED) is 0.423. The van der Waals surface area contributed by atoms with Crippen molar-refractivity contribution in [3.8, 4) is 0 Å². The molecule has 0 radical (unpaired) electrons. The maximum atomic E-state index is 12.7. The first kappa shape index (κ1) is 22.0. The van der Waals surface area contributed by atoms with Gasteiger partial charge in [0.05, 0.1) is 13.2 Å². The number of hydrogen-bond acceptors (Lipinski definition) is 5. The van der Waals surface area contributed by atoms with Crippen molar-refractivity contribution in [1.29, 1.82) is 0 Å². The molecule has 0 aromatic carbocycles. The summed E-state index contributed by atoms with van der Waals surface area (Å²) in [6.45, 7) is 16.4. The van der Waals surface area contributed by atoms with Crippen molar-refractivity contribution >= 4 is 18.1 Å². The summed E-state index contributed by atoms with van der Waals surface area (Å²) in [6, 6.07) is 0. The Morgan fingerprint density at radius 2 is 1.65 bits per heavy atom. The second kappa shape index (κ2) is 9.02. The number of carbonyl (C=O) groups excluding carboxylic acids is 2. The smallest absolute Gasteiger partial charge is 0.437 e. The number of amides is 2. The largest absolute Gasteiger partial charge is 0.443 e. The van der Waals surface area contributed by atoms with Crippen molar-refractivity contribution in [2.45, 2.75) is 52.7 Å². The van der Waals surface area contributed by atoms with Crippen LogP contribution in [0, 0.1) is 0 Å². The molecule has 1 rings (SSSR count). The lowest BCUT2D eigenvalue weighted by molar-refractivity contribution is 0.0309. The molecule has 148 valence electrons. The van der Waals surface area contributed by atoms with E-state index in [4.69, 9.17) is 14.2 Å². The zero-order chi connectivity index (χ0) is 20.0. The fourth-order valence-corrected chi connectivity index (χ4v) is 2.12. The van der Waals surface area contributed by atoms with Crippen LogP contribution in [0.3, 0.4) is 0 Å². The van der Waals surface area contributed by atoms with Crippen LogP contribution in [0.2, 0.25) is 0 Å². The van der Waals surface area contributed by atoms with Crippen LogP contribution in [0.4, 0.5) is 9.59 Å². The second-order valence-corrected chi connectivity index (χ2v) is 7.87. The number of carbonyl (C=O) groups is 2. The molecule has 0 aliphatic carbocycles. The van der Waals surface area contributed by atoms with Gasteiger partial charge >= 0.3 is 12.2 Å². The maximum Gasteiger partial charge on any atom is 0.437 e. The average molecular weight is 369 g/mol. The number of ether oxygens (including phenoxy) is 3. The average Bonchev–Trinajstić information content (AvgIpc) is 2.48. The summed E-state index contributed by atoms with van der Waals surface area (Å²) in [5.41, 5.74) is -1.37. The molecule has 0 aromatic heterocycles. The summed E-state index contributed by atoms with van der Waals surface area (Å²) >= 11 is 0. The number of aliphatic imine (C=N–C) groups is 1. The standard InChI is InChI=1S/C18H31N3O5/c1-8-9-21(16(23)26-18(5,6)7)14(20-10-12-24-13-11-20)19-15(22)25-17(2,3)4/h8H,1,9-13H2,2-7H3/b19-14+. The predicted molar refractivity (Wildman–Crippen MR) is 99.2 cm³/mol. The van der Waals surface area contributed by atoms with Gasteiger partial charge < -0.3 is 19.1 Å². The topological polar surface area (TPSA) is 80.7 Å². The molecule has 8 nitrogen and oxygen atoms in total. The van der Waals surface area contributed by atoms with E-state index in [1.54, 1.807) is 52.5 Å². The molecular weight excluding hydrogens is 338 g/mol. The molecule has 0 N–H and O–H groups in total.